The lowest BCUT2D eigenvalue weighted by molar-refractivity contribution is -0.123. The van der Waals surface area contributed by atoms with Gasteiger partial charge in [0.2, 0.25) is 11.8 Å². The van der Waals surface area contributed by atoms with Crippen LogP contribution in [0.15, 0.2) is 42.5 Å². The van der Waals surface area contributed by atoms with E-state index in [1.165, 1.54) is 18.9 Å². The Hall–Kier alpha value is -3.02. The fourth-order valence-corrected chi connectivity index (χ4v) is 2.52. The van der Waals surface area contributed by atoms with Gasteiger partial charge in [-0.25, -0.2) is 0 Å². The monoisotopic (exact) mass is 356 g/mol. The minimum atomic E-state index is -0.250. The van der Waals surface area contributed by atoms with Crippen molar-refractivity contribution in [3.05, 3.63) is 53.6 Å². The molecule has 2 amide bonds. The molecule has 0 saturated carbocycles. The highest BCUT2D eigenvalue weighted by Crippen LogP contribution is 2.29. The van der Waals surface area contributed by atoms with Crippen LogP contribution < -0.4 is 19.7 Å². The van der Waals surface area contributed by atoms with Crippen molar-refractivity contribution in [3.8, 4) is 11.5 Å². The molecule has 0 saturated heterocycles. The fourth-order valence-electron chi connectivity index (χ4n) is 2.52. The Balaban J connectivity index is 2.06. The van der Waals surface area contributed by atoms with Gasteiger partial charge in [0.1, 0.15) is 18.0 Å². The molecule has 0 aliphatic carbocycles. The fraction of sp³-hybridized carbons (Fsp3) is 0.300. The number of carbonyl (C=O) groups excluding carboxylic acids is 2. The van der Waals surface area contributed by atoms with Crippen LogP contribution in [-0.2, 0) is 16.1 Å². The van der Waals surface area contributed by atoms with Crippen molar-refractivity contribution >= 4 is 17.5 Å². The summed E-state index contributed by atoms with van der Waals surface area (Å²) in [4.78, 5) is 25.8. The first kappa shape index (κ1) is 19.3. The Kier molecular flexibility index (Phi) is 6.60. The number of nitrogens with zero attached hydrogens (tertiary/aromatic N) is 1. The average Bonchev–Trinajstić information content (AvgIpc) is 2.64. The molecule has 26 heavy (non-hydrogen) atoms. The van der Waals surface area contributed by atoms with Crippen molar-refractivity contribution in [1.82, 2.24) is 5.32 Å². The van der Waals surface area contributed by atoms with Crippen LogP contribution in [0.4, 0.5) is 5.69 Å². The molecular weight excluding hydrogens is 332 g/mol. The van der Waals surface area contributed by atoms with E-state index in [-0.39, 0.29) is 18.4 Å². The molecule has 0 aromatic heterocycles. The number of nitrogens with one attached hydrogen (secondary N) is 1. The first-order valence-electron chi connectivity index (χ1n) is 8.27. The number of aryl methyl sites for hydroxylation is 1. The van der Waals surface area contributed by atoms with E-state index in [1.807, 2.05) is 43.3 Å². The van der Waals surface area contributed by atoms with Crippen molar-refractivity contribution in [2.45, 2.75) is 20.4 Å². The zero-order valence-electron chi connectivity index (χ0n) is 15.5. The first-order valence-corrected chi connectivity index (χ1v) is 8.27. The summed E-state index contributed by atoms with van der Waals surface area (Å²) in [7, 11) is 3.14. The van der Waals surface area contributed by atoms with E-state index in [9.17, 15) is 9.59 Å². The minimum Gasteiger partial charge on any atom is -0.497 e. The smallest absolute Gasteiger partial charge is 0.240 e. The van der Waals surface area contributed by atoms with Gasteiger partial charge in [0, 0.05) is 13.5 Å². The Morgan fingerprint density at radius 2 is 1.73 bits per heavy atom. The summed E-state index contributed by atoms with van der Waals surface area (Å²) in [6.07, 6.45) is 0. The van der Waals surface area contributed by atoms with Gasteiger partial charge in [0.15, 0.2) is 0 Å². The number of carbonyl (C=O) groups is 2. The van der Waals surface area contributed by atoms with Crippen LogP contribution in [0.2, 0.25) is 0 Å². The van der Waals surface area contributed by atoms with Crippen LogP contribution in [0, 0.1) is 6.92 Å². The standard InChI is InChI=1S/C20H24N2O4/c1-14-5-10-19(26-4)18(11-14)22(15(2)23)13-20(24)21-12-16-6-8-17(25-3)9-7-16/h5-11H,12-13H2,1-4H3,(H,21,24). The Labute approximate surface area is 153 Å². The molecule has 2 aromatic rings. The predicted octanol–water partition coefficient (Wildman–Crippen LogP) is 2.68. The molecule has 138 valence electrons. The molecule has 1 N–H and O–H groups in total. The van der Waals surface area contributed by atoms with Gasteiger partial charge in [-0.1, -0.05) is 18.2 Å². The molecule has 2 rings (SSSR count). The zero-order valence-corrected chi connectivity index (χ0v) is 15.5. The summed E-state index contributed by atoms with van der Waals surface area (Å²) in [5.74, 6) is 0.830. The van der Waals surface area contributed by atoms with Crippen LogP contribution in [0.1, 0.15) is 18.1 Å². The lowest BCUT2D eigenvalue weighted by Crippen LogP contribution is -2.39. The van der Waals surface area contributed by atoms with Gasteiger partial charge in [-0.15, -0.1) is 0 Å². The summed E-state index contributed by atoms with van der Waals surface area (Å²) in [6, 6.07) is 12.9. The van der Waals surface area contributed by atoms with E-state index in [1.54, 1.807) is 13.2 Å². The van der Waals surface area contributed by atoms with Crippen molar-refractivity contribution in [2.24, 2.45) is 0 Å². The topological polar surface area (TPSA) is 67.9 Å². The number of methoxy groups -OCH3 is 2. The lowest BCUT2D eigenvalue weighted by Gasteiger charge is -2.23. The third-order valence-electron chi connectivity index (χ3n) is 3.96. The van der Waals surface area contributed by atoms with E-state index in [2.05, 4.69) is 5.32 Å². The summed E-state index contributed by atoms with van der Waals surface area (Å²) < 4.78 is 10.4. The Morgan fingerprint density at radius 3 is 2.31 bits per heavy atom. The number of hydrogen-bond acceptors (Lipinski definition) is 4. The molecule has 0 atom stereocenters. The average molecular weight is 356 g/mol. The number of amides is 2. The van der Waals surface area contributed by atoms with E-state index in [0.717, 1.165) is 16.9 Å². The molecule has 0 spiro atoms. The summed E-state index contributed by atoms with van der Waals surface area (Å²) in [5, 5.41) is 2.83. The molecule has 0 aliphatic rings. The minimum absolute atomic E-state index is 0.0781. The van der Waals surface area contributed by atoms with Gasteiger partial charge >= 0.3 is 0 Å². The van der Waals surface area contributed by atoms with Crippen LogP contribution >= 0.6 is 0 Å². The second-order valence-electron chi connectivity index (χ2n) is 5.91. The predicted molar refractivity (Wildman–Crippen MR) is 101 cm³/mol. The molecule has 0 bridgehead atoms. The highest BCUT2D eigenvalue weighted by Gasteiger charge is 2.19. The molecule has 2 aromatic carbocycles. The van der Waals surface area contributed by atoms with Crippen molar-refractivity contribution in [2.75, 3.05) is 25.7 Å². The molecule has 0 aliphatic heterocycles. The number of anilines is 1. The van der Waals surface area contributed by atoms with Gasteiger partial charge in [0.05, 0.1) is 19.9 Å². The summed E-state index contributed by atoms with van der Waals surface area (Å²) in [5.41, 5.74) is 2.51. The first-order chi connectivity index (χ1) is 12.4. The van der Waals surface area contributed by atoms with Gasteiger partial charge in [0.25, 0.3) is 0 Å². The van der Waals surface area contributed by atoms with Gasteiger partial charge in [-0.2, -0.15) is 0 Å². The second-order valence-corrected chi connectivity index (χ2v) is 5.91. The Morgan fingerprint density at radius 1 is 1.04 bits per heavy atom. The van der Waals surface area contributed by atoms with Crippen LogP contribution in [0.25, 0.3) is 0 Å². The van der Waals surface area contributed by atoms with E-state index in [4.69, 9.17) is 9.47 Å². The van der Waals surface area contributed by atoms with Gasteiger partial charge < -0.3 is 14.8 Å². The normalized spacial score (nSPS) is 10.2. The SMILES string of the molecule is COc1ccc(CNC(=O)CN(C(C)=O)c2cc(C)ccc2OC)cc1. The van der Waals surface area contributed by atoms with Crippen molar-refractivity contribution < 1.29 is 19.1 Å². The van der Waals surface area contributed by atoms with Crippen LogP contribution in [0.3, 0.4) is 0 Å². The molecule has 0 radical (unpaired) electrons. The highest BCUT2D eigenvalue weighted by atomic mass is 16.5. The van der Waals surface area contributed by atoms with E-state index < -0.39 is 0 Å². The Bertz CT molecular complexity index is 772. The summed E-state index contributed by atoms with van der Waals surface area (Å²) in [6.45, 7) is 3.65. The van der Waals surface area contributed by atoms with Crippen molar-refractivity contribution in [3.63, 3.8) is 0 Å². The third-order valence-corrected chi connectivity index (χ3v) is 3.96. The van der Waals surface area contributed by atoms with E-state index >= 15 is 0 Å². The maximum Gasteiger partial charge on any atom is 0.240 e. The maximum atomic E-state index is 12.3. The van der Waals surface area contributed by atoms with Gasteiger partial charge in [-0.05, 0) is 42.3 Å². The number of rotatable bonds is 7. The van der Waals surface area contributed by atoms with Gasteiger partial charge in [-0.3, -0.25) is 14.5 Å². The molecule has 0 fully saturated rings. The molecule has 6 nitrogen and oxygen atoms in total. The van der Waals surface area contributed by atoms with Crippen molar-refractivity contribution in [1.29, 1.82) is 0 Å². The highest BCUT2D eigenvalue weighted by molar-refractivity contribution is 5.98. The molecule has 0 heterocycles. The molecule has 0 unspecified atom stereocenters. The zero-order chi connectivity index (χ0) is 19.1. The summed E-state index contributed by atoms with van der Waals surface area (Å²) >= 11 is 0. The van der Waals surface area contributed by atoms with Crippen LogP contribution in [0.5, 0.6) is 11.5 Å². The molecule has 6 heteroatoms. The second kappa shape index (κ2) is 8.89. The number of hydrogen-bond donors (Lipinski definition) is 1. The largest absolute Gasteiger partial charge is 0.497 e. The van der Waals surface area contributed by atoms with Crippen LogP contribution in [-0.4, -0.2) is 32.6 Å². The molecular formula is C20H24N2O4. The van der Waals surface area contributed by atoms with E-state index in [0.29, 0.717) is 18.0 Å². The number of benzene rings is 2. The number of ether oxygens (including phenoxy) is 2. The quantitative estimate of drug-likeness (QED) is 0.828. The maximum absolute atomic E-state index is 12.3. The lowest BCUT2D eigenvalue weighted by atomic mass is 10.2. The third kappa shape index (κ3) is 4.99.